The number of nitrogens with zero attached hydrogens (tertiary/aromatic N) is 3. The van der Waals surface area contributed by atoms with Crippen LogP contribution < -0.4 is 10.2 Å². The van der Waals surface area contributed by atoms with Crippen LogP contribution in [0.3, 0.4) is 0 Å². The first-order valence-corrected chi connectivity index (χ1v) is 10.4. The number of fused-ring (bicyclic) bond motifs is 1. The van der Waals surface area contributed by atoms with Gasteiger partial charge in [-0.15, -0.1) is 11.3 Å². The van der Waals surface area contributed by atoms with Crippen molar-refractivity contribution in [3.63, 3.8) is 0 Å². The number of furan rings is 1. The van der Waals surface area contributed by atoms with Gasteiger partial charge in [-0.1, -0.05) is 19.3 Å². The van der Waals surface area contributed by atoms with Crippen LogP contribution in [-0.4, -0.2) is 29.0 Å². The van der Waals surface area contributed by atoms with Crippen LogP contribution >= 0.6 is 11.3 Å². The Balaban J connectivity index is 1.62. The van der Waals surface area contributed by atoms with Gasteiger partial charge in [0.05, 0.1) is 23.1 Å². The Hall–Kier alpha value is -2.41. The van der Waals surface area contributed by atoms with Crippen LogP contribution in [0, 0.1) is 6.92 Å². The Kier molecular flexibility index (Phi) is 5.38. The highest BCUT2D eigenvalue weighted by molar-refractivity contribution is 7.20. The maximum Gasteiger partial charge on any atom is 0.262 e. The van der Waals surface area contributed by atoms with E-state index < -0.39 is 0 Å². The fraction of sp³-hybridized carbons (Fsp3) is 0.450. The lowest BCUT2D eigenvalue weighted by atomic mass is 10.1. The van der Waals surface area contributed by atoms with Crippen LogP contribution in [0.2, 0.25) is 0 Å². The molecule has 4 heterocycles. The smallest absolute Gasteiger partial charge is 0.262 e. The molecular weight excluding hydrogens is 360 g/mol. The van der Waals surface area contributed by atoms with Crippen molar-refractivity contribution in [2.45, 2.75) is 45.6 Å². The van der Waals surface area contributed by atoms with Gasteiger partial charge in [0.15, 0.2) is 0 Å². The van der Waals surface area contributed by atoms with Crippen LogP contribution in [0.1, 0.15) is 53.1 Å². The summed E-state index contributed by atoms with van der Waals surface area (Å²) in [7, 11) is 0. The Morgan fingerprint density at radius 3 is 2.74 bits per heavy atom. The molecule has 0 spiro atoms. The van der Waals surface area contributed by atoms with E-state index in [-0.39, 0.29) is 5.91 Å². The maximum atomic E-state index is 12.7. The van der Waals surface area contributed by atoms with Gasteiger partial charge in [-0.2, -0.15) is 0 Å². The second kappa shape index (κ2) is 8.08. The van der Waals surface area contributed by atoms with Crippen molar-refractivity contribution < 1.29 is 9.21 Å². The highest BCUT2D eigenvalue weighted by Gasteiger charge is 2.22. The van der Waals surface area contributed by atoms with E-state index in [1.54, 1.807) is 12.6 Å². The summed E-state index contributed by atoms with van der Waals surface area (Å²) in [4.78, 5) is 25.7. The number of hydrogen-bond donors (Lipinski definition) is 1. The lowest BCUT2D eigenvalue weighted by Crippen LogP contribution is -2.28. The number of carbonyl (C=O) groups is 1. The number of aromatic nitrogens is 2. The minimum atomic E-state index is -0.0921. The molecule has 0 radical (unpaired) electrons. The third-order valence-electron chi connectivity index (χ3n) is 5.07. The molecule has 4 rings (SSSR count). The summed E-state index contributed by atoms with van der Waals surface area (Å²) in [6.07, 6.45) is 9.47. The molecule has 142 valence electrons. The van der Waals surface area contributed by atoms with E-state index >= 15 is 0 Å². The van der Waals surface area contributed by atoms with Crippen molar-refractivity contribution in [1.82, 2.24) is 15.3 Å². The molecule has 3 aromatic rings. The van der Waals surface area contributed by atoms with Gasteiger partial charge in [0.1, 0.15) is 22.7 Å². The fourth-order valence-corrected chi connectivity index (χ4v) is 4.69. The van der Waals surface area contributed by atoms with E-state index in [1.165, 1.54) is 43.4 Å². The van der Waals surface area contributed by atoms with Gasteiger partial charge in [-0.3, -0.25) is 4.79 Å². The van der Waals surface area contributed by atoms with E-state index in [4.69, 9.17) is 4.42 Å². The summed E-state index contributed by atoms with van der Waals surface area (Å²) in [5.41, 5.74) is 0.963. The van der Waals surface area contributed by atoms with E-state index in [0.29, 0.717) is 11.4 Å². The second-order valence-corrected chi connectivity index (χ2v) is 7.95. The molecule has 1 fully saturated rings. The molecule has 1 saturated heterocycles. The van der Waals surface area contributed by atoms with Gasteiger partial charge in [0.2, 0.25) is 0 Å². The molecule has 0 atom stereocenters. The number of thiophene rings is 1. The van der Waals surface area contributed by atoms with E-state index in [2.05, 4.69) is 20.2 Å². The highest BCUT2D eigenvalue weighted by Crippen LogP contribution is 2.35. The molecule has 1 aliphatic heterocycles. The predicted octanol–water partition coefficient (Wildman–Crippen LogP) is 4.29. The highest BCUT2D eigenvalue weighted by atomic mass is 32.1. The maximum absolute atomic E-state index is 12.7. The van der Waals surface area contributed by atoms with E-state index in [1.807, 2.05) is 19.1 Å². The van der Waals surface area contributed by atoms with Gasteiger partial charge >= 0.3 is 0 Å². The number of carbonyl (C=O) groups excluding carboxylic acids is 1. The first-order chi connectivity index (χ1) is 13.2. The van der Waals surface area contributed by atoms with Crippen molar-refractivity contribution >= 4 is 33.3 Å². The molecule has 0 aliphatic carbocycles. The molecule has 0 unspecified atom stereocenters. The first kappa shape index (κ1) is 18.0. The van der Waals surface area contributed by atoms with Crippen molar-refractivity contribution in [2.24, 2.45) is 0 Å². The van der Waals surface area contributed by atoms with Crippen LogP contribution in [0.25, 0.3) is 10.2 Å². The summed E-state index contributed by atoms with van der Waals surface area (Å²) in [6, 6.07) is 3.67. The Bertz CT molecular complexity index is 912. The standard InChI is InChI=1S/C20H24N4O2S/c1-14-16-18(24-9-5-3-2-4-6-10-24)22-13-23-20(16)27-17(14)19(25)21-12-15-8-7-11-26-15/h7-8,11,13H,2-6,9-10,12H2,1H3,(H,21,25). The van der Waals surface area contributed by atoms with Crippen LogP contribution in [0.4, 0.5) is 5.82 Å². The van der Waals surface area contributed by atoms with Gasteiger partial charge in [-0.05, 0) is 37.5 Å². The van der Waals surface area contributed by atoms with E-state index in [9.17, 15) is 4.79 Å². The Morgan fingerprint density at radius 1 is 1.22 bits per heavy atom. The zero-order chi connectivity index (χ0) is 18.6. The molecule has 1 amide bonds. The number of rotatable bonds is 4. The lowest BCUT2D eigenvalue weighted by molar-refractivity contribution is 0.0951. The molecule has 27 heavy (non-hydrogen) atoms. The summed E-state index contributed by atoms with van der Waals surface area (Å²) in [5.74, 6) is 1.62. The minimum Gasteiger partial charge on any atom is -0.467 e. The van der Waals surface area contributed by atoms with Gasteiger partial charge in [0, 0.05) is 13.1 Å². The van der Waals surface area contributed by atoms with Gasteiger partial charge in [0.25, 0.3) is 5.91 Å². The second-order valence-electron chi connectivity index (χ2n) is 6.95. The topological polar surface area (TPSA) is 71.3 Å². The zero-order valence-corrected chi connectivity index (χ0v) is 16.3. The molecule has 0 aromatic carbocycles. The molecule has 1 aliphatic rings. The van der Waals surface area contributed by atoms with Crippen LogP contribution in [-0.2, 0) is 6.54 Å². The molecule has 0 saturated carbocycles. The summed E-state index contributed by atoms with van der Waals surface area (Å²) >= 11 is 1.44. The summed E-state index contributed by atoms with van der Waals surface area (Å²) in [6.45, 7) is 4.41. The minimum absolute atomic E-state index is 0.0921. The summed E-state index contributed by atoms with van der Waals surface area (Å²) in [5, 5.41) is 3.96. The largest absolute Gasteiger partial charge is 0.467 e. The normalized spacial score (nSPS) is 15.5. The lowest BCUT2D eigenvalue weighted by Gasteiger charge is -2.26. The molecule has 0 bridgehead atoms. The quantitative estimate of drug-likeness (QED) is 0.726. The molecule has 1 N–H and O–H groups in total. The summed E-state index contributed by atoms with van der Waals surface area (Å²) < 4.78 is 5.29. The number of amides is 1. The molecule has 6 nitrogen and oxygen atoms in total. The Labute approximate surface area is 162 Å². The van der Waals surface area contributed by atoms with Crippen molar-refractivity contribution in [2.75, 3.05) is 18.0 Å². The molecule has 3 aromatic heterocycles. The number of aryl methyl sites for hydroxylation is 1. The third-order valence-corrected chi connectivity index (χ3v) is 6.27. The number of nitrogens with one attached hydrogen (secondary N) is 1. The van der Waals surface area contributed by atoms with Crippen LogP contribution in [0.15, 0.2) is 29.1 Å². The predicted molar refractivity (Wildman–Crippen MR) is 107 cm³/mol. The van der Waals surface area contributed by atoms with Crippen molar-refractivity contribution in [3.8, 4) is 0 Å². The molecule has 7 heteroatoms. The van der Waals surface area contributed by atoms with Crippen molar-refractivity contribution in [1.29, 1.82) is 0 Å². The van der Waals surface area contributed by atoms with E-state index in [0.717, 1.165) is 40.4 Å². The average molecular weight is 385 g/mol. The average Bonchev–Trinajstić information content (AvgIpc) is 3.28. The third kappa shape index (κ3) is 3.83. The number of hydrogen-bond acceptors (Lipinski definition) is 6. The van der Waals surface area contributed by atoms with Crippen molar-refractivity contribution in [3.05, 3.63) is 40.9 Å². The fourth-order valence-electron chi connectivity index (χ4n) is 3.63. The van der Waals surface area contributed by atoms with Gasteiger partial charge < -0.3 is 14.6 Å². The zero-order valence-electron chi connectivity index (χ0n) is 15.5. The monoisotopic (exact) mass is 384 g/mol. The molecular formula is C20H24N4O2S. The first-order valence-electron chi connectivity index (χ1n) is 9.53. The number of anilines is 1. The Morgan fingerprint density at radius 2 is 2.00 bits per heavy atom. The van der Waals surface area contributed by atoms with Gasteiger partial charge in [-0.25, -0.2) is 9.97 Å². The SMILES string of the molecule is Cc1c(C(=O)NCc2ccco2)sc2ncnc(N3CCCCCCC3)c12. The van der Waals surface area contributed by atoms with Crippen LogP contribution in [0.5, 0.6) is 0 Å².